The van der Waals surface area contributed by atoms with E-state index >= 15 is 0 Å². The first-order chi connectivity index (χ1) is 10.2. The Hall–Kier alpha value is -1.66. The summed E-state index contributed by atoms with van der Waals surface area (Å²) in [5.74, 6) is 2.38. The molecule has 1 aromatic carbocycles. The Morgan fingerprint density at radius 1 is 1.00 bits per heavy atom. The van der Waals surface area contributed by atoms with Crippen LogP contribution in [0.5, 0.6) is 23.0 Å². The minimum atomic E-state index is 0.00432. The highest BCUT2D eigenvalue weighted by Crippen LogP contribution is 2.40. The van der Waals surface area contributed by atoms with E-state index in [0.29, 0.717) is 29.6 Å². The van der Waals surface area contributed by atoms with Crippen molar-refractivity contribution in [1.29, 1.82) is 0 Å². The maximum atomic E-state index is 5.86. The highest BCUT2D eigenvalue weighted by Gasteiger charge is 2.15. The molecule has 1 rings (SSSR count). The van der Waals surface area contributed by atoms with Crippen LogP contribution in [0.1, 0.15) is 6.92 Å². The Bertz CT molecular complexity index is 400. The van der Waals surface area contributed by atoms with Gasteiger partial charge in [0.2, 0.25) is 5.75 Å². The highest BCUT2D eigenvalue weighted by molar-refractivity contribution is 5.55. The lowest BCUT2D eigenvalue weighted by Crippen LogP contribution is -2.31. The second-order valence-corrected chi connectivity index (χ2v) is 4.49. The van der Waals surface area contributed by atoms with Gasteiger partial charge in [0.15, 0.2) is 11.5 Å². The van der Waals surface area contributed by atoms with Gasteiger partial charge in [-0.3, -0.25) is 0 Å². The predicted octanol–water partition coefficient (Wildman–Crippen LogP) is 1.72. The molecule has 6 nitrogen and oxygen atoms in total. The molecule has 21 heavy (non-hydrogen) atoms. The monoisotopic (exact) mass is 299 g/mol. The van der Waals surface area contributed by atoms with E-state index in [2.05, 4.69) is 5.32 Å². The molecule has 6 heteroatoms. The van der Waals surface area contributed by atoms with Crippen molar-refractivity contribution in [1.82, 2.24) is 5.32 Å². The molecule has 0 aliphatic carbocycles. The van der Waals surface area contributed by atoms with Gasteiger partial charge in [-0.1, -0.05) is 0 Å². The number of benzene rings is 1. The second-order valence-electron chi connectivity index (χ2n) is 4.49. The summed E-state index contributed by atoms with van der Waals surface area (Å²) in [5, 5.41) is 3.25. The lowest BCUT2D eigenvalue weighted by atomic mass is 10.2. The number of hydrogen-bond acceptors (Lipinski definition) is 6. The highest BCUT2D eigenvalue weighted by atomic mass is 16.5. The Morgan fingerprint density at radius 3 is 2.10 bits per heavy atom. The molecule has 0 radical (unpaired) electrons. The molecular formula is C15H25NO5. The first-order valence-corrected chi connectivity index (χ1v) is 6.82. The third-order valence-corrected chi connectivity index (χ3v) is 2.89. The van der Waals surface area contributed by atoms with E-state index in [-0.39, 0.29) is 6.10 Å². The van der Waals surface area contributed by atoms with Gasteiger partial charge in [-0.05, 0) is 6.92 Å². The minimum Gasteiger partial charge on any atom is -0.493 e. The molecule has 1 aromatic rings. The Kier molecular flexibility index (Phi) is 7.71. The Labute approximate surface area is 126 Å². The molecule has 1 atom stereocenters. The van der Waals surface area contributed by atoms with Crippen molar-refractivity contribution < 1.29 is 23.7 Å². The van der Waals surface area contributed by atoms with Crippen molar-refractivity contribution in [3.8, 4) is 23.0 Å². The van der Waals surface area contributed by atoms with E-state index < -0.39 is 0 Å². The summed E-state index contributed by atoms with van der Waals surface area (Å²) >= 11 is 0. The van der Waals surface area contributed by atoms with Crippen LogP contribution in [-0.4, -0.2) is 54.2 Å². The quantitative estimate of drug-likeness (QED) is 0.664. The first-order valence-electron chi connectivity index (χ1n) is 6.82. The summed E-state index contributed by atoms with van der Waals surface area (Å²) < 4.78 is 26.7. The molecule has 0 aliphatic rings. The van der Waals surface area contributed by atoms with Crippen LogP contribution in [0, 0.1) is 0 Å². The zero-order chi connectivity index (χ0) is 15.7. The second kappa shape index (κ2) is 9.31. The van der Waals surface area contributed by atoms with E-state index in [9.17, 15) is 0 Å². The van der Waals surface area contributed by atoms with Crippen LogP contribution in [0.25, 0.3) is 0 Å². The van der Waals surface area contributed by atoms with Gasteiger partial charge < -0.3 is 29.0 Å². The average molecular weight is 299 g/mol. The smallest absolute Gasteiger partial charge is 0.203 e. The third-order valence-electron chi connectivity index (χ3n) is 2.89. The fourth-order valence-corrected chi connectivity index (χ4v) is 1.88. The van der Waals surface area contributed by atoms with Crippen molar-refractivity contribution in [2.24, 2.45) is 0 Å². The summed E-state index contributed by atoms with van der Waals surface area (Å²) in [5.41, 5.74) is 0. The van der Waals surface area contributed by atoms with E-state index in [1.54, 1.807) is 40.6 Å². The standard InChI is InChI=1S/C15H25NO5/c1-11(10-16-6-7-17-2)21-12-8-13(18-3)15(20-5)14(9-12)19-4/h8-9,11,16H,6-7,10H2,1-5H3. The number of methoxy groups -OCH3 is 4. The minimum absolute atomic E-state index is 0.00432. The summed E-state index contributed by atoms with van der Waals surface area (Å²) in [4.78, 5) is 0. The molecular weight excluding hydrogens is 274 g/mol. The van der Waals surface area contributed by atoms with Crippen molar-refractivity contribution in [2.75, 3.05) is 48.1 Å². The van der Waals surface area contributed by atoms with Crippen molar-refractivity contribution >= 4 is 0 Å². The molecule has 0 saturated heterocycles. The topological polar surface area (TPSA) is 58.2 Å². The number of nitrogens with one attached hydrogen (secondary N) is 1. The average Bonchev–Trinajstić information content (AvgIpc) is 2.50. The van der Waals surface area contributed by atoms with Crippen molar-refractivity contribution in [3.63, 3.8) is 0 Å². The molecule has 0 heterocycles. The van der Waals surface area contributed by atoms with Crippen LogP contribution in [-0.2, 0) is 4.74 Å². The van der Waals surface area contributed by atoms with Crippen LogP contribution in [0.4, 0.5) is 0 Å². The summed E-state index contributed by atoms with van der Waals surface area (Å²) in [6.07, 6.45) is 0.00432. The number of ether oxygens (including phenoxy) is 5. The van der Waals surface area contributed by atoms with Gasteiger partial charge >= 0.3 is 0 Å². The normalized spacial score (nSPS) is 11.9. The summed E-state index contributed by atoms with van der Waals surface area (Å²) in [6.45, 7) is 4.18. The molecule has 0 aliphatic heterocycles. The molecule has 0 saturated carbocycles. The molecule has 1 N–H and O–H groups in total. The van der Waals surface area contributed by atoms with E-state index in [4.69, 9.17) is 23.7 Å². The van der Waals surface area contributed by atoms with Gasteiger partial charge in [0.1, 0.15) is 11.9 Å². The van der Waals surface area contributed by atoms with Gasteiger partial charge in [0, 0.05) is 32.3 Å². The zero-order valence-corrected chi connectivity index (χ0v) is 13.4. The van der Waals surface area contributed by atoms with Gasteiger partial charge in [0.25, 0.3) is 0 Å². The Morgan fingerprint density at radius 2 is 1.62 bits per heavy atom. The van der Waals surface area contributed by atoms with E-state index in [0.717, 1.165) is 13.1 Å². The fraction of sp³-hybridized carbons (Fsp3) is 0.600. The molecule has 0 aromatic heterocycles. The molecule has 0 amide bonds. The molecule has 0 fully saturated rings. The van der Waals surface area contributed by atoms with Crippen LogP contribution in [0.3, 0.4) is 0 Å². The zero-order valence-electron chi connectivity index (χ0n) is 13.4. The van der Waals surface area contributed by atoms with Crippen LogP contribution in [0.15, 0.2) is 12.1 Å². The summed E-state index contributed by atoms with van der Waals surface area (Å²) in [7, 11) is 6.41. The number of hydrogen-bond donors (Lipinski definition) is 1. The Balaban J connectivity index is 2.70. The lowest BCUT2D eigenvalue weighted by molar-refractivity contribution is 0.183. The maximum absolute atomic E-state index is 5.86. The lowest BCUT2D eigenvalue weighted by Gasteiger charge is -2.18. The fourth-order valence-electron chi connectivity index (χ4n) is 1.88. The van der Waals surface area contributed by atoms with E-state index in [1.165, 1.54) is 0 Å². The van der Waals surface area contributed by atoms with Gasteiger partial charge in [-0.2, -0.15) is 0 Å². The summed E-state index contributed by atoms with van der Waals surface area (Å²) in [6, 6.07) is 3.57. The van der Waals surface area contributed by atoms with Crippen LogP contribution >= 0.6 is 0 Å². The molecule has 120 valence electrons. The van der Waals surface area contributed by atoms with Gasteiger partial charge in [-0.25, -0.2) is 0 Å². The number of rotatable bonds is 10. The van der Waals surface area contributed by atoms with E-state index in [1.807, 2.05) is 6.92 Å². The third kappa shape index (κ3) is 5.32. The predicted molar refractivity (Wildman–Crippen MR) is 80.9 cm³/mol. The van der Waals surface area contributed by atoms with Gasteiger partial charge in [-0.15, -0.1) is 0 Å². The maximum Gasteiger partial charge on any atom is 0.203 e. The largest absolute Gasteiger partial charge is 0.493 e. The van der Waals surface area contributed by atoms with Crippen molar-refractivity contribution in [2.45, 2.75) is 13.0 Å². The van der Waals surface area contributed by atoms with Crippen LogP contribution < -0.4 is 24.3 Å². The molecule has 0 bridgehead atoms. The van der Waals surface area contributed by atoms with Crippen LogP contribution in [0.2, 0.25) is 0 Å². The van der Waals surface area contributed by atoms with Gasteiger partial charge in [0.05, 0.1) is 27.9 Å². The molecule has 1 unspecified atom stereocenters. The SMILES string of the molecule is COCCNCC(C)Oc1cc(OC)c(OC)c(OC)c1. The van der Waals surface area contributed by atoms with Crippen molar-refractivity contribution in [3.05, 3.63) is 12.1 Å². The first kappa shape index (κ1) is 17.4. The molecule has 0 spiro atoms.